The summed E-state index contributed by atoms with van der Waals surface area (Å²) in [6.07, 6.45) is 4.53. The molecule has 3 N–H and O–H groups in total. The standard InChI is InChI=1S/C12H24N2O2/c1-3-9(2)13-8-12(16)14-10-6-4-5-7-11(10)15/h9-11,13,15H,3-8H2,1-2H3,(H,14,16). The van der Waals surface area contributed by atoms with Crippen LogP contribution in [0, 0.1) is 0 Å². The smallest absolute Gasteiger partial charge is 0.234 e. The van der Waals surface area contributed by atoms with Crippen molar-refractivity contribution in [2.45, 2.75) is 64.1 Å². The number of aliphatic hydroxyl groups excluding tert-OH is 1. The molecule has 1 rings (SSSR count). The molecule has 3 unspecified atom stereocenters. The lowest BCUT2D eigenvalue weighted by molar-refractivity contribution is -0.122. The molecule has 0 bridgehead atoms. The van der Waals surface area contributed by atoms with Crippen molar-refractivity contribution in [2.24, 2.45) is 0 Å². The lowest BCUT2D eigenvalue weighted by atomic mass is 9.92. The number of carbonyl (C=O) groups excluding carboxylic acids is 1. The average Bonchev–Trinajstić information content (AvgIpc) is 2.29. The van der Waals surface area contributed by atoms with Gasteiger partial charge in [-0.15, -0.1) is 0 Å². The Kier molecular flexibility index (Phi) is 5.77. The lowest BCUT2D eigenvalue weighted by Crippen LogP contribution is -2.48. The molecule has 0 spiro atoms. The molecule has 1 fully saturated rings. The summed E-state index contributed by atoms with van der Waals surface area (Å²) in [5.74, 6) is -0.00810. The first-order valence-corrected chi connectivity index (χ1v) is 6.34. The molecular formula is C12H24N2O2. The summed E-state index contributed by atoms with van der Waals surface area (Å²) in [4.78, 5) is 11.6. The van der Waals surface area contributed by atoms with Gasteiger partial charge < -0.3 is 15.7 Å². The fourth-order valence-electron chi connectivity index (χ4n) is 1.95. The molecule has 94 valence electrons. The van der Waals surface area contributed by atoms with Crippen LogP contribution in [0.15, 0.2) is 0 Å². The molecule has 1 saturated carbocycles. The van der Waals surface area contributed by atoms with Crippen LogP contribution in [0.3, 0.4) is 0 Å². The summed E-state index contributed by atoms with van der Waals surface area (Å²) >= 11 is 0. The van der Waals surface area contributed by atoms with E-state index in [1.165, 1.54) is 0 Å². The largest absolute Gasteiger partial charge is 0.391 e. The van der Waals surface area contributed by atoms with E-state index < -0.39 is 0 Å². The van der Waals surface area contributed by atoms with Crippen molar-refractivity contribution in [2.75, 3.05) is 6.54 Å². The van der Waals surface area contributed by atoms with Gasteiger partial charge in [0.2, 0.25) is 5.91 Å². The van der Waals surface area contributed by atoms with E-state index in [0.717, 1.165) is 32.1 Å². The fraction of sp³-hybridized carbons (Fsp3) is 0.917. The van der Waals surface area contributed by atoms with Crippen LogP contribution in [0.5, 0.6) is 0 Å². The molecule has 0 aromatic rings. The highest BCUT2D eigenvalue weighted by Crippen LogP contribution is 2.18. The van der Waals surface area contributed by atoms with Crippen LogP contribution in [0.1, 0.15) is 46.0 Å². The quantitative estimate of drug-likeness (QED) is 0.652. The number of hydrogen-bond donors (Lipinski definition) is 3. The predicted molar refractivity (Wildman–Crippen MR) is 64.2 cm³/mol. The fourth-order valence-corrected chi connectivity index (χ4v) is 1.95. The van der Waals surface area contributed by atoms with Crippen LogP contribution in [0.4, 0.5) is 0 Å². The van der Waals surface area contributed by atoms with Crippen LogP contribution >= 0.6 is 0 Å². The SMILES string of the molecule is CCC(C)NCC(=O)NC1CCCCC1O. The van der Waals surface area contributed by atoms with Crippen molar-refractivity contribution < 1.29 is 9.90 Å². The molecule has 0 heterocycles. The number of rotatable bonds is 5. The maximum absolute atomic E-state index is 11.6. The van der Waals surface area contributed by atoms with Crippen molar-refractivity contribution in [3.8, 4) is 0 Å². The van der Waals surface area contributed by atoms with E-state index in [1.807, 2.05) is 0 Å². The second-order valence-corrected chi connectivity index (χ2v) is 4.72. The van der Waals surface area contributed by atoms with E-state index in [2.05, 4.69) is 24.5 Å². The van der Waals surface area contributed by atoms with Crippen molar-refractivity contribution in [1.29, 1.82) is 0 Å². The van der Waals surface area contributed by atoms with Gasteiger partial charge in [-0.1, -0.05) is 19.8 Å². The summed E-state index contributed by atoms with van der Waals surface area (Å²) in [7, 11) is 0. The summed E-state index contributed by atoms with van der Waals surface area (Å²) in [6, 6.07) is 0.321. The maximum Gasteiger partial charge on any atom is 0.234 e. The normalized spacial score (nSPS) is 27.4. The van der Waals surface area contributed by atoms with E-state index in [9.17, 15) is 9.90 Å². The second kappa shape index (κ2) is 6.86. The minimum Gasteiger partial charge on any atom is -0.391 e. The summed E-state index contributed by atoms with van der Waals surface area (Å²) in [5, 5.41) is 15.7. The summed E-state index contributed by atoms with van der Waals surface area (Å²) < 4.78 is 0. The van der Waals surface area contributed by atoms with Crippen molar-refractivity contribution in [3.05, 3.63) is 0 Å². The molecule has 16 heavy (non-hydrogen) atoms. The Morgan fingerprint density at radius 1 is 1.44 bits per heavy atom. The Balaban J connectivity index is 2.22. The Morgan fingerprint density at radius 3 is 2.75 bits per heavy atom. The highest BCUT2D eigenvalue weighted by Gasteiger charge is 2.24. The molecule has 4 nitrogen and oxygen atoms in total. The number of aliphatic hydroxyl groups is 1. The Bertz CT molecular complexity index is 221. The molecule has 0 radical (unpaired) electrons. The molecule has 1 aliphatic carbocycles. The molecule has 4 heteroatoms. The molecular weight excluding hydrogens is 204 g/mol. The van der Waals surface area contributed by atoms with Crippen LogP contribution < -0.4 is 10.6 Å². The van der Waals surface area contributed by atoms with Gasteiger partial charge >= 0.3 is 0 Å². The van der Waals surface area contributed by atoms with E-state index in [0.29, 0.717) is 12.6 Å². The van der Waals surface area contributed by atoms with Crippen LogP contribution in [-0.2, 0) is 4.79 Å². The monoisotopic (exact) mass is 228 g/mol. The van der Waals surface area contributed by atoms with Gasteiger partial charge in [0.15, 0.2) is 0 Å². The van der Waals surface area contributed by atoms with Gasteiger partial charge in [-0.25, -0.2) is 0 Å². The summed E-state index contributed by atoms with van der Waals surface area (Å²) in [6.45, 7) is 4.49. The molecule has 0 aliphatic heterocycles. The number of carbonyl (C=O) groups is 1. The zero-order chi connectivity index (χ0) is 12.0. The van der Waals surface area contributed by atoms with Crippen molar-refractivity contribution in [1.82, 2.24) is 10.6 Å². The van der Waals surface area contributed by atoms with Crippen LogP contribution in [0.2, 0.25) is 0 Å². The molecule has 1 amide bonds. The molecule has 0 aromatic heterocycles. The van der Waals surface area contributed by atoms with Gasteiger partial charge in [-0.05, 0) is 26.2 Å². The molecule has 0 aromatic carbocycles. The topological polar surface area (TPSA) is 61.4 Å². The Labute approximate surface area is 97.8 Å². The van der Waals surface area contributed by atoms with Crippen molar-refractivity contribution in [3.63, 3.8) is 0 Å². The predicted octanol–water partition coefficient (Wildman–Crippen LogP) is 0.794. The van der Waals surface area contributed by atoms with Crippen LogP contribution in [0.25, 0.3) is 0 Å². The van der Waals surface area contributed by atoms with Gasteiger partial charge in [-0.2, -0.15) is 0 Å². The third kappa shape index (κ3) is 4.49. The first kappa shape index (κ1) is 13.5. The molecule has 1 aliphatic rings. The van der Waals surface area contributed by atoms with Crippen LogP contribution in [-0.4, -0.2) is 35.7 Å². The van der Waals surface area contributed by atoms with E-state index in [-0.39, 0.29) is 18.1 Å². The zero-order valence-electron chi connectivity index (χ0n) is 10.3. The third-order valence-electron chi connectivity index (χ3n) is 3.30. The minimum absolute atomic E-state index is 0.00810. The minimum atomic E-state index is -0.360. The highest BCUT2D eigenvalue weighted by atomic mass is 16.3. The first-order valence-electron chi connectivity index (χ1n) is 6.34. The Hall–Kier alpha value is -0.610. The second-order valence-electron chi connectivity index (χ2n) is 4.72. The molecule has 0 saturated heterocycles. The molecule has 3 atom stereocenters. The van der Waals surface area contributed by atoms with E-state index in [1.54, 1.807) is 0 Å². The van der Waals surface area contributed by atoms with Gasteiger partial charge in [0.25, 0.3) is 0 Å². The summed E-state index contributed by atoms with van der Waals surface area (Å²) in [5.41, 5.74) is 0. The van der Waals surface area contributed by atoms with Gasteiger partial charge in [-0.3, -0.25) is 4.79 Å². The maximum atomic E-state index is 11.6. The number of amides is 1. The van der Waals surface area contributed by atoms with E-state index in [4.69, 9.17) is 0 Å². The Morgan fingerprint density at radius 2 is 2.12 bits per heavy atom. The highest BCUT2D eigenvalue weighted by molar-refractivity contribution is 5.78. The van der Waals surface area contributed by atoms with Gasteiger partial charge in [0.05, 0.1) is 18.7 Å². The average molecular weight is 228 g/mol. The number of hydrogen-bond acceptors (Lipinski definition) is 3. The third-order valence-corrected chi connectivity index (χ3v) is 3.30. The van der Waals surface area contributed by atoms with Crippen molar-refractivity contribution >= 4 is 5.91 Å². The first-order chi connectivity index (χ1) is 7.63. The van der Waals surface area contributed by atoms with Gasteiger partial charge in [0, 0.05) is 6.04 Å². The zero-order valence-corrected chi connectivity index (χ0v) is 10.3. The lowest BCUT2D eigenvalue weighted by Gasteiger charge is -2.28. The number of nitrogens with one attached hydrogen (secondary N) is 2. The van der Waals surface area contributed by atoms with E-state index >= 15 is 0 Å². The van der Waals surface area contributed by atoms with Gasteiger partial charge in [0.1, 0.15) is 0 Å².